The number of hydrogen-bond acceptors (Lipinski definition) is 16. The van der Waals surface area contributed by atoms with E-state index in [0.717, 1.165) is 206 Å². The monoisotopic (exact) mass is 1890 g/mol. The largest absolute Gasteiger partial charge is 0.326 e. The summed E-state index contributed by atoms with van der Waals surface area (Å²) < 4.78 is 54.2. The normalized spacial score (nSPS) is 11.2. The lowest BCUT2D eigenvalue weighted by atomic mass is 10.0. The van der Waals surface area contributed by atoms with Gasteiger partial charge in [0, 0.05) is 120 Å². The van der Waals surface area contributed by atoms with Crippen molar-refractivity contribution in [2.75, 3.05) is 10.6 Å². The van der Waals surface area contributed by atoms with E-state index in [1.165, 1.54) is 79.8 Å². The van der Waals surface area contributed by atoms with Crippen molar-refractivity contribution < 1.29 is 27.2 Å². The van der Waals surface area contributed by atoms with E-state index in [2.05, 4.69) is 202 Å². The van der Waals surface area contributed by atoms with Crippen molar-refractivity contribution in [3.05, 3.63) is 384 Å². The number of amides is 2. The molecule has 0 bridgehead atoms. The van der Waals surface area contributed by atoms with E-state index in [4.69, 9.17) is 0 Å². The number of rotatable bonds is 16. The molecule has 0 aliphatic carbocycles. The van der Waals surface area contributed by atoms with Crippen LogP contribution in [0.25, 0.3) is 203 Å². The molecule has 32 heteroatoms. The van der Waals surface area contributed by atoms with Crippen LogP contribution in [0.4, 0.5) is 28.9 Å². The number of aromatic amines is 9. The third kappa shape index (κ3) is 22.0. The van der Waals surface area contributed by atoms with E-state index in [0.29, 0.717) is 17.5 Å². The third-order valence-electron chi connectivity index (χ3n) is 23.1. The van der Waals surface area contributed by atoms with Gasteiger partial charge in [-0.2, -0.15) is 51.0 Å². The number of halogens is 4. The van der Waals surface area contributed by atoms with Gasteiger partial charge in [0.25, 0.3) is 0 Å². The van der Waals surface area contributed by atoms with Crippen LogP contribution >= 0.6 is 0 Å². The van der Waals surface area contributed by atoms with Crippen LogP contribution in [0, 0.1) is 51.0 Å². The van der Waals surface area contributed by atoms with Crippen LogP contribution in [0.15, 0.2) is 316 Å². The standard InChI is InChI=1S/2C23H18FN3O.C17H15N5.2C16H12FN5.C16H13N5/c2*1-15(28)25-20-11-4-16(5-12-20)2-3-17-6-13-22-21(14-17)23(27-26-22)18-7-9-19(24)10-8-18;1-10-4-3-5-12(8-10)16-14-9-13(6-7-15(14)20-21-16)17-18-11(2)19-22-17;1-22-9-18-16(21-22)11-4-7-14-13(8-11)15(20-19-14)10-2-5-12(17)6-3-10;1-9-18-16(22-19-9)11-4-7-14-13(8-11)15(21-20-14)10-2-5-12(17)6-3-10;1-10-3-2-4-11(7-10)15-13-8-12(16-17-9-18-21-16)5-6-14(13)19-20-15/h2*2-14H,1H3,(H,25,28)(H,26,27);3-9H,1-2H3,(H,20,21)(H,18,19,22);2-9H,1H3,(H,19,20);2-8H,1H3,(H,20,21)(H,18,19,22);2-9H,1H3,(H,19,20)(H,17,18,21)/b2*3-2+;;;;. The first-order chi connectivity index (χ1) is 69.6. The van der Waals surface area contributed by atoms with Gasteiger partial charge < -0.3 is 10.6 Å². The maximum atomic E-state index is 13.2. The Morgan fingerprint density at radius 3 is 0.902 bits per heavy atom. The number of aryl methyl sites for hydroxylation is 5. The minimum absolute atomic E-state index is 0.0892. The molecule has 24 aromatic rings. The number of carbonyl (C=O) groups is 2. The fourth-order valence-corrected chi connectivity index (χ4v) is 16.1. The number of carbonyl (C=O) groups excluding carboxylic acids is 2. The molecule has 0 aliphatic rings. The molecule has 0 aliphatic heterocycles. The number of nitrogens with zero attached hydrogens (tertiary/aromatic N) is 15. The highest BCUT2D eigenvalue weighted by Gasteiger charge is 2.19. The fraction of sp³-hybridized carbons (Fsp3) is 0.0631. The number of hydrogen-bond donors (Lipinski definition) is 11. The first-order valence-corrected chi connectivity index (χ1v) is 45.3. The smallest absolute Gasteiger partial charge is 0.221 e. The molecule has 0 radical (unpaired) electrons. The van der Waals surface area contributed by atoms with Crippen molar-refractivity contribution in [3.63, 3.8) is 0 Å². The summed E-state index contributed by atoms with van der Waals surface area (Å²) in [6.07, 6.45) is 11.2. The molecule has 10 heterocycles. The maximum absolute atomic E-state index is 13.2. The molecule has 0 unspecified atom stereocenters. The number of aromatic nitrogens is 24. The van der Waals surface area contributed by atoms with Gasteiger partial charge in [-0.25, -0.2) is 37.5 Å². The van der Waals surface area contributed by atoms with Crippen LogP contribution in [-0.2, 0) is 16.6 Å². The van der Waals surface area contributed by atoms with E-state index >= 15 is 0 Å². The Labute approximate surface area is 813 Å². The molecular weight excluding hydrogens is 1810 g/mol. The van der Waals surface area contributed by atoms with Gasteiger partial charge in [0.05, 0.1) is 67.3 Å². The Morgan fingerprint density at radius 2 is 0.594 bits per heavy atom. The van der Waals surface area contributed by atoms with Gasteiger partial charge >= 0.3 is 0 Å². The molecule has 10 aromatic heterocycles. The van der Waals surface area contributed by atoms with Crippen LogP contribution in [-0.4, -0.2) is 133 Å². The Balaban J connectivity index is 0.000000109. The minimum Gasteiger partial charge on any atom is -0.326 e. The fourth-order valence-electron chi connectivity index (χ4n) is 16.1. The first-order valence-electron chi connectivity index (χ1n) is 45.3. The van der Waals surface area contributed by atoms with Crippen LogP contribution in [0.5, 0.6) is 0 Å². The van der Waals surface area contributed by atoms with Crippen molar-refractivity contribution in [1.29, 1.82) is 0 Å². The third-order valence-corrected chi connectivity index (χ3v) is 23.1. The van der Waals surface area contributed by atoms with Crippen molar-refractivity contribution in [2.24, 2.45) is 7.05 Å². The van der Waals surface area contributed by atoms with Crippen LogP contribution in [0.1, 0.15) is 58.9 Å². The van der Waals surface area contributed by atoms with E-state index in [1.807, 2.05) is 191 Å². The molecule has 14 aromatic carbocycles. The summed E-state index contributed by atoms with van der Waals surface area (Å²) >= 11 is 0. The maximum Gasteiger partial charge on any atom is 0.221 e. The second kappa shape index (κ2) is 41.7. The zero-order valence-electron chi connectivity index (χ0n) is 77.9. The quantitative estimate of drug-likeness (QED) is 0.0316. The zero-order valence-corrected chi connectivity index (χ0v) is 77.9. The average molecular weight is 1890 g/mol. The number of anilines is 2. The van der Waals surface area contributed by atoms with Crippen molar-refractivity contribution in [2.45, 2.75) is 41.5 Å². The number of H-pyrrole nitrogens is 9. The molecule has 24 rings (SSSR count). The molecule has 143 heavy (non-hydrogen) atoms. The van der Waals surface area contributed by atoms with Crippen LogP contribution in [0.3, 0.4) is 0 Å². The molecular formula is C111H88F4N26O2. The highest BCUT2D eigenvalue weighted by molar-refractivity contribution is 6.01. The molecule has 0 atom stereocenters. The first kappa shape index (κ1) is 92.7. The molecule has 28 nitrogen and oxygen atoms in total. The predicted octanol–water partition coefficient (Wildman–Crippen LogP) is 24.6. The van der Waals surface area contributed by atoms with Crippen LogP contribution < -0.4 is 10.6 Å². The SMILES string of the molecule is CC(=O)Nc1ccc(/C=C/c2ccc3[nH]nc(-c4ccc(F)cc4)c3c2)cc1.CC(=O)Nc1ccc(/C=C/c2ccc3[nH]nc(-c4ccc(F)cc4)c3c2)cc1.Cc1cccc(-c2n[nH]c3ccc(-c4n[nH]c(C)n4)cc23)c1.Cc1cccc(-c2n[nH]c3ccc(-c4ncn[nH]4)cc23)c1.Cc1nc(-c2ccc3[nH]nc(-c4ccc(F)cc4)c3c2)n[nH]1.Cn1cnc(-c2ccc3[nH]nc(-c4ccc(F)cc4)c3c2)n1. The summed E-state index contributed by atoms with van der Waals surface area (Å²) in [5.41, 5.74) is 28.3. The highest BCUT2D eigenvalue weighted by Crippen LogP contribution is 2.37. The summed E-state index contributed by atoms with van der Waals surface area (Å²) in [6, 6.07) is 93.2. The van der Waals surface area contributed by atoms with Crippen molar-refractivity contribution in [1.82, 2.24) is 121 Å². The zero-order chi connectivity index (χ0) is 98.6. The predicted molar refractivity (Wildman–Crippen MR) is 553 cm³/mol. The highest BCUT2D eigenvalue weighted by atomic mass is 19.1. The summed E-state index contributed by atoms with van der Waals surface area (Å²) in [6.45, 7) is 10.9. The molecule has 0 saturated carbocycles. The van der Waals surface area contributed by atoms with Gasteiger partial charge in [-0.3, -0.25) is 60.2 Å². The second-order valence-electron chi connectivity index (χ2n) is 33.7. The van der Waals surface area contributed by atoms with Gasteiger partial charge in [-0.1, -0.05) is 108 Å². The van der Waals surface area contributed by atoms with Gasteiger partial charge in [-0.05, 0) is 280 Å². The Kier molecular flexibility index (Phi) is 27.0. The molecule has 0 saturated heterocycles. The van der Waals surface area contributed by atoms with Gasteiger partial charge in [0.1, 0.15) is 47.6 Å². The summed E-state index contributed by atoms with van der Waals surface area (Å²) in [7, 11) is 1.83. The number of benzene rings is 14. The average Bonchev–Trinajstić information content (AvgIpc) is 1.67. The molecule has 702 valence electrons. The van der Waals surface area contributed by atoms with E-state index in [-0.39, 0.29) is 35.1 Å². The topological polar surface area (TPSA) is 386 Å². The second-order valence-corrected chi connectivity index (χ2v) is 33.7. The number of fused-ring (bicyclic) bond motifs is 6. The molecule has 11 N–H and O–H groups in total. The van der Waals surface area contributed by atoms with E-state index < -0.39 is 0 Å². The summed E-state index contributed by atoms with van der Waals surface area (Å²) in [5.74, 6) is 3.10. The number of nitrogens with one attached hydrogen (secondary N) is 11. The molecule has 2 amide bonds. The lowest BCUT2D eigenvalue weighted by molar-refractivity contribution is -0.115. The lowest BCUT2D eigenvalue weighted by Gasteiger charge is -2.02. The summed E-state index contributed by atoms with van der Waals surface area (Å²) in [5, 5.41) is 81.3. The molecule has 0 fully saturated rings. The van der Waals surface area contributed by atoms with Gasteiger partial charge in [-0.15, -0.1) is 0 Å². The molecule has 0 spiro atoms. The Morgan fingerprint density at radius 1 is 0.294 bits per heavy atom. The van der Waals surface area contributed by atoms with Gasteiger partial charge in [0.15, 0.2) is 23.3 Å². The van der Waals surface area contributed by atoms with Gasteiger partial charge in [0.2, 0.25) is 11.8 Å². The van der Waals surface area contributed by atoms with Crippen molar-refractivity contribution in [3.8, 4) is 113 Å². The minimum atomic E-state index is -0.267. The van der Waals surface area contributed by atoms with E-state index in [1.54, 1.807) is 59.5 Å². The van der Waals surface area contributed by atoms with Crippen LogP contribution in [0.2, 0.25) is 0 Å². The van der Waals surface area contributed by atoms with E-state index in [9.17, 15) is 27.2 Å². The summed E-state index contributed by atoms with van der Waals surface area (Å²) in [4.78, 5) is 39.4. The Bertz CT molecular complexity index is 8360. The lowest BCUT2D eigenvalue weighted by Crippen LogP contribution is -2.05. The Hall–Kier alpha value is -19.4. The van der Waals surface area contributed by atoms with Crippen molar-refractivity contribution >= 4 is 113 Å².